The molecule has 0 heterocycles. The quantitative estimate of drug-likeness (QED) is 0.0711. The van der Waals surface area contributed by atoms with Crippen molar-refractivity contribution in [2.45, 2.75) is 174 Å². The first-order valence-electron chi connectivity index (χ1n) is 16.0. The van der Waals surface area contributed by atoms with Gasteiger partial charge >= 0.3 is 0 Å². The number of hydrogen-bond acceptors (Lipinski definition) is 3. The number of rotatable bonds is 28. The first-order valence-corrected chi connectivity index (χ1v) is 16.0. The summed E-state index contributed by atoms with van der Waals surface area (Å²) in [6, 6.07) is -0.534. The molecule has 0 aliphatic carbocycles. The van der Waals surface area contributed by atoms with E-state index in [1.807, 2.05) is 0 Å². The Hall–Kier alpha value is -1.13. The van der Waals surface area contributed by atoms with Gasteiger partial charge in [0.25, 0.3) is 0 Å². The maximum Gasteiger partial charge on any atom is 0.220 e. The Morgan fingerprint density at radius 3 is 1.68 bits per heavy atom. The fraction of sp³-hybridized carbons (Fsp3) is 0.848. The van der Waals surface area contributed by atoms with Gasteiger partial charge in [-0.25, -0.2) is 0 Å². The van der Waals surface area contributed by atoms with Gasteiger partial charge in [0, 0.05) is 6.42 Å². The lowest BCUT2D eigenvalue weighted by Gasteiger charge is -2.22. The van der Waals surface area contributed by atoms with E-state index in [-0.39, 0.29) is 12.5 Å². The lowest BCUT2D eigenvalue weighted by Crippen LogP contribution is -2.45. The minimum absolute atomic E-state index is 0.0448. The SMILES string of the molecule is CCCCC/C=C\C/C=C\CCCCCCCCCC(=O)NC(CO)C(O)CCCCCCCCCC. The Labute approximate surface area is 230 Å². The molecule has 0 bridgehead atoms. The van der Waals surface area contributed by atoms with Crippen molar-refractivity contribution in [2.24, 2.45) is 0 Å². The van der Waals surface area contributed by atoms with Crippen LogP contribution in [0.1, 0.15) is 162 Å². The molecular formula is C33H63NO3. The molecule has 218 valence electrons. The summed E-state index contributed by atoms with van der Waals surface area (Å²) in [5, 5.41) is 22.8. The van der Waals surface area contributed by atoms with Gasteiger partial charge in [-0.3, -0.25) is 4.79 Å². The van der Waals surface area contributed by atoms with Crippen molar-refractivity contribution < 1.29 is 15.0 Å². The van der Waals surface area contributed by atoms with Crippen molar-refractivity contribution in [1.82, 2.24) is 5.32 Å². The van der Waals surface area contributed by atoms with Crippen molar-refractivity contribution in [3.05, 3.63) is 24.3 Å². The largest absolute Gasteiger partial charge is 0.394 e. The van der Waals surface area contributed by atoms with Gasteiger partial charge in [-0.1, -0.05) is 134 Å². The van der Waals surface area contributed by atoms with Gasteiger partial charge in [0.1, 0.15) is 0 Å². The van der Waals surface area contributed by atoms with E-state index in [0.29, 0.717) is 12.8 Å². The third-order valence-electron chi connectivity index (χ3n) is 7.22. The maximum atomic E-state index is 12.2. The normalized spacial score (nSPS) is 13.5. The summed E-state index contributed by atoms with van der Waals surface area (Å²) < 4.78 is 0. The van der Waals surface area contributed by atoms with Crippen molar-refractivity contribution in [3.8, 4) is 0 Å². The molecule has 0 aliphatic rings. The molecule has 0 saturated carbocycles. The summed E-state index contributed by atoms with van der Waals surface area (Å²) >= 11 is 0. The minimum atomic E-state index is -0.657. The summed E-state index contributed by atoms with van der Waals surface area (Å²) in [7, 11) is 0. The number of unbranched alkanes of at least 4 members (excludes halogenated alkanes) is 17. The molecule has 2 unspecified atom stereocenters. The number of aliphatic hydroxyl groups excluding tert-OH is 2. The minimum Gasteiger partial charge on any atom is -0.394 e. The maximum absolute atomic E-state index is 12.2. The highest BCUT2D eigenvalue weighted by Crippen LogP contribution is 2.13. The molecule has 4 heteroatoms. The van der Waals surface area contributed by atoms with Gasteiger partial charge in [0.2, 0.25) is 5.91 Å². The molecule has 37 heavy (non-hydrogen) atoms. The monoisotopic (exact) mass is 521 g/mol. The van der Waals surface area contributed by atoms with Gasteiger partial charge in [0.05, 0.1) is 18.8 Å². The number of allylic oxidation sites excluding steroid dienone is 4. The van der Waals surface area contributed by atoms with Crippen LogP contribution in [0.15, 0.2) is 24.3 Å². The third kappa shape index (κ3) is 26.3. The van der Waals surface area contributed by atoms with E-state index in [4.69, 9.17) is 0 Å². The zero-order chi connectivity index (χ0) is 27.2. The molecule has 0 fully saturated rings. The average molecular weight is 522 g/mol. The van der Waals surface area contributed by atoms with E-state index in [2.05, 4.69) is 43.5 Å². The number of amides is 1. The van der Waals surface area contributed by atoms with Gasteiger partial charge in [0.15, 0.2) is 0 Å². The summed E-state index contributed by atoms with van der Waals surface area (Å²) in [6.45, 7) is 4.28. The Morgan fingerprint density at radius 2 is 1.11 bits per heavy atom. The zero-order valence-electron chi connectivity index (χ0n) is 24.7. The summed E-state index contributed by atoms with van der Waals surface area (Å²) in [4.78, 5) is 12.2. The van der Waals surface area contributed by atoms with Crippen LogP contribution >= 0.6 is 0 Å². The van der Waals surface area contributed by atoms with Crippen LogP contribution in [0.25, 0.3) is 0 Å². The number of carbonyl (C=O) groups is 1. The molecule has 0 rings (SSSR count). The Bertz CT molecular complexity index is 532. The molecule has 0 aliphatic heterocycles. The topological polar surface area (TPSA) is 69.6 Å². The smallest absolute Gasteiger partial charge is 0.220 e. The highest BCUT2D eigenvalue weighted by atomic mass is 16.3. The molecule has 3 N–H and O–H groups in total. The van der Waals surface area contributed by atoms with Gasteiger partial charge in [-0.05, 0) is 44.9 Å². The van der Waals surface area contributed by atoms with E-state index in [1.165, 1.54) is 103 Å². The van der Waals surface area contributed by atoms with Crippen molar-refractivity contribution in [3.63, 3.8) is 0 Å². The molecule has 0 aromatic carbocycles. The Balaban J connectivity index is 3.59. The average Bonchev–Trinajstić information content (AvgIpc) is 2.90. The standard InChI is InChI=1S/C33H63NO3/c1-3-5-7-9-11-13-14-15-16-17-18-19-20-21-23-25-27-29-33(37)34-31(30-35)32(36)28-26-24-22-12-10-8-6-4-2/h11,13,15-16,31-32,35-36H,3-10,12,14,17-30H2,1-2H3,(H,34,37)/b13-11-,16-15-. The van der Waals surface area contributed by atoms with Crippen LogP contribution in [0, 0.1) is 0 Å². The molecule has 0 aromatic heterocycles. The molecule has 0 spiro atoms. The van der Waals surface area contributed by atoms with E-state index in [1.54, 1.807) is 0 Å². The van der Waals surface area contributed by atoms with Gasteiger partial charge in [-0.15, -0.1) is 0 Å². The highest BCUT2D eigenvalue weighted by molar-refractivity contribution is 5.76. The van der Waals surface area contributed by atoms with Crippen LogP contribution in [0.3, 0.4) is 0 Å². The number of hydrogen-bond donors (Lipinski definition) is 3. The van der Waals surface area contributed by atoms with E-state index >= 15 is 0 Å². The van der Waals surface area contributed by atoms with Crippen LogP contribution in [0.5, 0.6) is 0 Å². The number of aliphatic hydroxyl groups is 2. The molecule has 4 nitrogen and oxygen atoms in total. The second kappa shape index (κ2) is 29.4. The highest BCUT2D eigenvalue weighted by Gasteiger charge is 2.19. The second-order valence-corrected chi connectivity index (χ2v) is 10.9. The first kappa shape index (κ1) is 35.9. The molecule has 0 saturated heterocycles. The van der Waals surface area contributed by atoms with Crippen LogP contribution in [0.2, 0.25) is 0 Å². The van der Waals surface area contributed by atoms with Crippen molar-refractivity contribution in [1.29, 1.82) is 0 Å². The summed E-state index contributed by atoms with van der Waals surface area (Å²) in [5.74, 6) is -0.0448. The lowest BCUT2D eigenvalue weighted by molar-refractivity contribution is -0.123. The van der Waals surface area contributed by atoms with Crippen LogP contribution in [0.4, 0.5) is 0 Å². The van der Waals surface area contributed by atoms with Gasteiger partial charge < -0.3 is 15.5 Å². The summed E-state index contributed by atoms with van der Waals surface area (Å²) in [6.07, 6.45) is 35.1. The predicted octanol–water partition coefficient (Wildman–Crippen LogP) is 8.95. The number of carbonyl (C=O) groups excluding carboxylic acids is 1. The zero-order valence-corrected chi connectivity index (χ0v) is 24.7. The van der Waals surface area contributed by atoms with E-state index < -0.39 is 12.1 Å². The lowest BCUT2D eigenvalue weighted by atomic mass is 10.0. The molecule has 2 atom stereocenters. The predicted molar refractivity (Wildman–Crippen MR) is 161 cm³/mol. The molecule has 0 radical (unpaired) electrons. The Morgan fingerprint density at radius 1 is 0.649 bits per heavy atom. The Kier molecular flexibility index (Phi) is 28.5. The second-order valence-electron chi connectivity index (χ2n) is 10.9. The molecular weight excluding hydrogens is 458 g/mol. The first-order chi connectivity index (χ1) is 18.2. The van der Waals surface area contributed by atoms with Crippen LogP contribution in [-0.4, -0.2) is 34.9 Å². The fourth-order valence-electron chi connectivity index (χ4n) is 4.68. The van der Waals surface area contributed by atoms with Gasteiger partial charge in [-0.2, -0.15) is 0 Å². The molecule has 0 aromatic rings. The van der Waals surface area contributed by atoms with Crippen molar-refractivity contribution >= 4 is 5.91 Å². The van der Waals surface area contributed by atoms with Crippen LogP contribution < -0.4 is 5.32 Å². The summed E-state index contributed by atoms with van der Waals surface area (Å²) in [5.41, 5.74) is 0. The van der Waals surface area contributed by atoms with Crippen molar-refractivity contribution in [2.75, 3.05) is 6.61 Å². The van der Waals surface area contributed by atoms with Crippen LogP contribution in [-0.2, 0) is 4.79 Å². The fourth-order valence-corrected chi connectivity index (χ4v) is 4.68. The molecule has 1 amide bonds. The number of nitrogens with one attached hydrogen (secondary N) is 1. The third-order valence-corrected chi connectivity index (χ3v) is 7.22. The van der Waals surface area contributed by atoms with E-state index in [0.717, 1.165) is 32.1 Å². The van der Waals surface area contributed by atoms with E-state index in [9.17, 15) is 15.0 Å².